The first-order chi connectivity index (χ1) is 10.4. The van der Waals surface area contributed by atoms with Gasteiger partial charge in [0.1, 0.15) is 5.52 Å². The van der Waals surface area contributed by atoms with Gasteiger partial charge in [-0.2, -0.15) is 0 Å². The summed E-state index contributed by atoms with van der Waals surface area (Å²) >= 11 is 0. The monoisotopic (exact) mass is 273 g/mol. The number of oxazole rings is 1. The Kier molecular flexibility index (Phi) is 4.08. The fourth-order valence-electron chi connectivity index (χ4n) is 1.96. The van der Waals surface area contributed by atoms with Crippen molar-refractivity contribution < 1.29 is 4.42 Å². The molecule has 0 amide bonds. The van der Waals surface area contributed by atoms with Crippen LogP contribution in [-0.2, 0) is 0 Å². The van der Waals surface area contributed by atoms with Crippen LogP contribution in [0.3, 0.4) is 0 Å². The molecule has 0 fully saturated rings. The van der Waals surface area contributed by atoms with Crippen LogP contribution in [0.15, 0.2) is 95.4 Å². The maximum absolute atomic E-state index is 5.64. The lowest BCUT2D eigenvalue weighted by molar-refractivity contribution is 0.620. The van der Waals surface area contributed by atoms with Gasteiger partial charge in [-0.1, -0.05) is 66.7 Å². The molecular weight excluding hydrogens is 258 g/mol. The molecule has 0 saturated carbocycles. The first-order valence-corrected chi connectivity index (χ1v) is 6.84. The predicted octanol–water partition coefficient (Wildman–Crippen LogP) is 5.18. The second-order valence-electron chi connectivity index (χ2n) is 4.51. The number of rotatable bonds is 1. The lowest BCUT2D eigenvalue weighted by Crippen LogP contribution is -1.74. The Morgan fingerprint density at radius 2 is 1.10 bits per heavy atom. The molecule has 0 atom stereocenters. The van der Waals surface area contributed by atoms with Crippen LogP contribution >= 0.6 is 0 Å². The van der Waals surface area contributed by atoms with Crippen LogP contribution < -0.4 is 0 Å². The average Bonchev–Trinajstić information content (AvgIpc) is 3.02. The van der Waals surface area contributed by atoms with Gasteiger partial charge in [0.2, 0.25) is 5.89 Å². The molecule has 0 spiro atoms. The van der Waals surface area contributed by atoms with Crippen molar-refractivity contribution in [2.75, 3.05) is 0 Å². The number of nitrogens with zero attached hydrogens (tertiary/aromatic N) is 1. The number of para-hydroxylation sites is 2. The molecule has 0 bridgehead atoms. The van der Waals surface area contributed by atoms with Crippen LogP contribution in [0.5, 0.6) is 0 Å². The van der Waals surface area contributed by atoms with Gasteiger partial charge in [-0.15, -0.1) is 0 Å². The van der Waals surface area contributed by atoms with Crippen molar-refractivity contribution in [1.82, 2.24) is 4.98 Å². The van der Waals surface area contributed by atoms with E-state index in [1.165, 1.54) is 0 Å². The van der Waals surface area contributed by atoms with Crippen LogP contribution in [-0.4, -0.2) is 4.98 Å². The fraction of sp³-hybridized carbons (Fsp3) is 0. The lowest BCUT2D eigenvalue weighted by Gasteiger charge is -1.91. The summed E-state index contributed by atoms with van der Waals surface area (Å²) in [5.74, 6) is 0.678. The summed E-state index contributed by atoms with van der Waals surface area (Å²) < 4.78 is 5.64. The zero-order valence-corrected chi connectivity index (χ0v) is 11.5. The molecule has 0 saturated heterocycles. The minimum Gasteiger partial charge on any atom is -0.436 e. The Balaban J connectivity index is 0.000000186. The van der Waals surface area contributed by atoms with Crippen LogP contribution in [0.1, 0.15) is 0 Å². The van der Waals surface area contributed by atoms with E-state index in [4.69, 9.17) is 4.42 Å². The van der Waals surface area contributed by atoms with Crippen molar-refractivity contribution >= 4 is 11.1 Å². The number of benzene rings is 3. The Morgan fingerprint density at radius 3 is 1.71 bits per heavy atom. The Hall–Kier alpha value is -2.87. The molecule has 0 N–H and O–H groups in total. The van der Waals surface area contributed by atoms with Crippen LogP contribution in [0.2, 0.25) is 0 Å². The summed E-state index contributed by atoms with van der Waals surface area (Å²) in [7, 11) is 0. The molecule has 0 aliphatic rings. The van der Waals surface area contributed by atoms with Gasteiger partial charge in [0.05, 0.1) is 0 Å². The molecule has 2 nitrogen and oxygen atoms in total. The molecule has 3 aromatic carbocycles. The molecule has 4 rings (SSSR count). The Bertz CT molecular complexity index is 732. The number of fused-ring (bicyclic) bond motifs is 1. The topological polar surface area (TPSA) is 26.0 Å². The van der Waals surface area contributed by atoms with Crippen molar-refractivity contribution in [1.29, 1.82) is 0 Å². The summed E-state index contributed by atoms with van der Waals surface area (Å²) in [5.41, 5.74) is 2.74. The van der Waals surface area contributed by atoms with Crippen molar-refractivity contribution in [2.24, 2.45) is 0 Å². The summed E-state index contributed by atoms with van der Waals surface area (Å²) in [6.07, 6.45) is 0. The predicted molar refractivity (Wildman–Crippen MR) is 85.9 cm³/mol. The minimum absolute atomic E-state index is 0.678. The Labute approximate surface area is 123 Å². The van der Waals surface area contributed by atoms with Crippen LogP contribution in [0, 0.1) is 0 Å². The molecule has 102 valence electrons. The lowest BCUT2D eigenvalue weighted by atomic mass is 10.2. The van der Waals surface area contributed by atoms with Gasteiger partial charge in [0, 0.05) is 5.56 Å². The van der Waals surface area contributed by atoms with Gasteiger partial charge in [-0.05, 0) is 24.3 Å². The molecule has 1 heterocycles. The SMILES string of the molecule is c1ccc(-c2nc3ccccc3o2)cc1.c1ccccc1. The standard InChI is InChI=1S/C13H9NO.C6H6/c1-2-6-10(7-3-1)13-14-11-8-4-5-9-12(11)15-13;1-2-4-6-5-3-1/h1-9H;1-6H. The number of hydrogen-bond acceptors (Lipinski definition) is 2. The van der Waals surface area contributed by atoms with E-state index in [-0.39, 0.29) is 0 Å². The summed E-state index contributed by atoms with van der Waals surface area (Å²) in [6, 6.07) is 29.7. The quantitative estimate of drug-likeness (QED) is 0.477. The van der Waals surface area contributed by atoms with Crippen molar-refractivity contribution in [3.8, 4) is 11.5 Å². The third-order valence-corrected chi connectivity index (χ3v) is 2.98. The van der Waals surface area contributed by atoms with E-state index >= 15 is 0 Å². The molecule has 4 aromatic rings. The minimum atomic E-state index is 0.678. The van der Waals surface area contributed by atoms with E-state index in [0.717, 1.165) is 16.7 Å². The molecule has 0 aliphatic carbocycles. The zero-order chi connectivity index (χ0) is 14.3. The molecule has 0 radical (unpaired) electrons. The van der Waals surface area contributed by atoms with Gasteiger partial charge in [0.25, 0.3) is 0 Å². The molecule has 21 heavy (non-hydrogen) atoms. The second kappa shape index (κ2) is 6.53. The average molecular weight is 273 g/mol. The zero-order valence-electron chi connectivity index (χ0n) is 11.5. The fourth-order valence-corrected chi connectivity index (χ4v) is 1.96. The van der Waals surface area contributed by atoms with Gasteiger partial charge >= 0.3 is 0 Å². The Morgan fingerprint density at radius 1 is 0.571 bits per heavy atom. The third-order valence-electron chi connectivity index (χ3n) is 2.98. The van der Waals surface area contributed by atoms with Crippen LogP contribution in [0.4, 0.5) is 0 Å². The van der Waals surface area contributed by atoms with Crippen molar-refractivity contribution in [3.63, 3.8) is 0 Å². The first-order valence-electron chi connectivity index (χ1n) is 6.84. The smallest absolute Gasteiger partial charge is 0.227 e. The third kappa shape index (κ3) is 3.37. The second-order valence-corrected chi connectivity index (χ2v) is 4.51. The highest BCUT2D eigenvalue weighted by Gasteiger charge is 2.05. The highest BCUT2D eigenvalue weighted by atomic mass is 16.3. The van der Waals surface area contributed by atoms with E-state index < -0.39 is 0 Å². The van der Waals surface area contributed by atoms with E-state index in [9.17, 15) is 0 Å². The highest BCUT2D eigenvalue weighted by Crippen LogP contribution is 2.23. The maximum Gasteiger partial charge on any atom is 0.227 e. The molecule has 1 aromatic heterocycles. The van der Waals surface area contributed by atoms with E-state index in [0.29, 0.717) is 5.89 Å². The molecule has 2 heteroatoms. The highest BCUT2D eigenvalue weighted by molar-refractivity contribution is 5.75. The van der Waals surface area contributed by atoms with E-state index in [1.54, 1.807) is 0 Å². The van der Waals surface area contributed by atoms with Gasteiger partial charge < -0.3 is 4.42 Å². The van der Waals surface area contributed by atoms with E-state index in [2.05, 4.69) is 4.98 Å². The molecular formula is C19H15NO. The summed E-state index contributed by atoms with van der Waals surface area (Å²) in [5, 5.41) is 0. The van der Waals surface area contributed by atoms with Crippen molar-refractivity contribution in [2.45, 2.75) is 0 Å². The van der Waals surface area contributed by atoms with Crippen LogP contribution in [0.25, 0.3) is 22.6 Å². The van der Waals surface area contributed by atoms with Gasteiger partial charge in [-0.25, -0.2) is 4.98 Å². The normalized spacial score (nSPS) is 9.90. The first kappa shape index (κ1) is 13.1. The van der Waals surface area contributed by atoms with Gasteiger partial charge in [-0.3, -0.25) is 0 Å². The summed E-state index contributed by atoms with van der Waals surface area (Å²) in [6.45, 7) is 0. The number of aromatic nitrogens is 1. The molecule has 0 unspecified atom stereocenters. The largest absolute Gasteiger partial charge is 0.436 e. The van der Waals surface area contributed by atoms with Gasteiger partial charge in [0.15, 0.2) is 5.58 Å². The van der Waals surface area contributed by atoms with Crippen molar-refractivity contribution in [3.05, 3.63) is 91.0 Å². The number of hydrogen-bond donors (Lipinski definition) is 0. The van der Waals surface area contributed by atoms with E-state index in [1.807, 2.05) is 91.0 Å². The molecule has 0 aliphatic heterocycles. The summed E-state index contributed by atoms with van der Waals surface area (Å²) in [4.78, 5) is 4.42. The maximum atomic E-state index is 5.64.